The van der Waals surface area contributed by atoms with Crippen molar-refractivity contribution in [2.24, 2.45) is 0 Å². The number of aliphatic hydroxyl groups is 1. The molecule has 0 saturated heterocycles. The summed E-state index contributed by atoms with van der Waals surface area (Å²) >= 11 is 6.06. The molecule has 3 aromatic rings. The maximum absolute atomic E-state index is 12.9. The van der Waals surface area contributed by atoms with Crippen LogP contribution in [0.1, 0.15) is 39.0 Å². The molecule has 1 N–H and O–H groups in total. The third-order valence-electron chi connectivity index (χ3n) is 4.93. The molecule has 1 aromatic heterocycles. The fourth-order valence-electron chi connectivity index (χ4n) is 3.40. The lowest BCUT2D eigenvalue weighted by Crippen LogP contribution is -2.38. The lowest BCUT2D eigenvalue weighted by atomic mass is 10.1. The summed E-state index contributed by atoms with van der Waals surface area (Å²) in [4.78, 5) is 14.7. The number of carbonyl (C=O) groups is 1. The van der Waals surface area contributed by atoms with Crippen LogP contribution in [-0.2, 0) is 13.1 Å². The molecule has 4 rings (SSSR count). The lowest BCUT2D eigenvalue weighted by molar-refractivity contribution is 0.0705. The van der Waals surface area contributed by atoms with E-state index >= 15 is 0 Å². The predicted molar refractivity (Wildman–Crippen MR) is 104 cm³/mol. The summed E-state index contributed by atoms with van der Waals surface area (Å²) in [5.74, 6) is -0.0346. The van der Waals surface area contributed by atoms with Gasteiger partial charge in [0.15, 0.2) is 0 Å². The van der Waals surface area contributed by atoms with Gasteiger partial charge in [0.05, 0.1) is 24.5 Å². The molecule has 1 unspecified atom stereocenters. The first-order valence-electron chi connectivity index (χ1n) is 8.88. The summed E-state index contributed by atoms with van der Waals surface area (Å²) < 4.78 is 1.87. The number of aliphatic hydroxyl groups excluding tert-OH is 1. The van der Waals surface area contributed by atoms with E-state index < -0.39 is 6.10 Å². The first-order valence-corrected chi connectivity index (χ1v) is 9.26. The lowest BCUT2D eigenvalue weighted by Gasteiger charge is -2.28. The Morgan fingerprint density at radius 2 is 1.93 bits per heavy atom. The Morgan fingerprint density at radius 3 is 2.70 bits per heavy atom. The van der Waals surface area contributed by atoms with Crippen molar-refractivity contribution in [2.45, 2.75) is 26.1 Å². The van der Waals surface area contributed by atoms with Crippen LogP contribution in [0.3, 0.4) is 0 Å². The molecule has 1 atom stereocenters. The number of amides is 1. The van der Waals surface area contributed by atoms with Crippen LogP contribution >= 0.6 is 11.6 Å². The summed E-state index contributed by atoms with van der Waals surface area (Å²) in [5, 5.41) is 15.7. The van der Waals surface area contributed by atoms with Crippen LogP contribution in [0.2, 0.25) is 5.02 Å². The van der Waals surface area contributed by atoms with Gasteiger partial charge in [-0.2, -0.15) is 5.10 Å². The van der Waals surface area contributed by atoms with Gasteiger partial charge in [0.2, 0.25) is 0 Å². The van der Waals surface area contributed by atoms with Crippen molar-refractivity contribution in [3.05, 3.63) is 87.7 Å². The molecule has 1 aliphatic heterocycles. The molecule has 138 valence electrons. The third-order valence-corrected chi connectivity index (χ3v) is 5.16. The van der Waals surface area contributed by atoms with Crippen molar-refractivity contribution in [1.82, 2.24) is 14.7 Å². The second kappa shape index (κ2) is 7.18. The van der Waals surface area contributed by atoms with E-state index in [1.165, 1.54) is 0 Å². The number of halogens is 1. The number of rotatable bonds is 3. The fraction of sp³-hybridized carbons (Fsp3) is 0.238. The van der Waals surface area contributed by atoms with E-state index in [0.717, 1.165) is 16.8 Å². The highest BCUT2D eigenvalue weighted by atomic mass is 35.5. The molecule has 0 bridgehead atoms. The Kier molecular flexibility index (Phi) is 4.72. The van der Waals surface area contributed by atoms with Gasteiger partial charge >= 0.3 is 0 Å². The van der Waals surface area contributed by atoms with E-state index in [1.54, 1.807) is 17.0 Å². The highest BCUT2D eigenvalue weighted by Crippen LogP contribution is 2.25. The summed E-state index contributed by atoms with van der Waals surface area (Å²) in [6.45, 7) is 3.54. The largest absolute Gasteiger partial charge is 0.382 e. The molecule has 5 nitrogen and oxygen atoms in total. The van der Waals surface area contributed by atoms with Crippen LogP contribution in [0, 0.1) is 6.92 Å². The molecular weight excluding hydrogens is 362 g/mol. The van der Waals surface area contributed by atoms with E-state index in [-0.39, 0.29) is 5.91 Å². The fourth-order valence-corrected chi connectivity index (χ4v) is 3.57. The van der Waals surface area contributed by atoms with E-state index in [2.05, 4.69) is 5.10 Å². The maximum Gasteiger partial charge on any atom is 0.254 e. The quantitative estimate of drug-likeness (QED) is 0.754. The van der Waals surface area contributed by atoms with E-state index in [9.17, 15) is 9.90 Å². The number of hydrogen-bond donors (Lipinski definition) is 1. The zero-order valence-electron chi connectivity index (χ0n) is 15.0. The maximum atomic E-state index is 12.9. The van der Waals surface area contributed by atoms with Gasteiger partial charge in [-0.15, -0.1) is 0 Å². The van der Waals surface area contributed by atoms with Crippen LogP contribution in [0.25, 0.3) is 0 Å². The first-order chi connectivity index (χ1) is 13.0. The zero-order valence-corrected chi connectivity index (χ0v) is 15.7. The van der Waals surface area contributed by atoms with Gasteiger partial charge in [-0.05, 0) is 36.2 Å². The minimum atomic E-state index is -0.774. The Hall–Kier alpha value is -2.63. The van der Waals surface area contributed by atoms with E-state index in [1.807, 2.05) is 54.1 Å². The number of hydrogen-bond acceptors (Lipinski definition) is 3. The second-order valence-corrected chi connectivity index (χ2v) is 7.22. The monoisotopic (exact) mass is 381 g/mol. The molecular formula is C21H20ClN3O2. The van der Waals surface area contributed by atoms with Crippen molar-refractivity contribution in [2.75, 3.05) is 6.54 Å². The second-order valence-electron chi connectivity index (χ2n) is 6.78. The number of aryl methyl sites for hydroxylation is 1. The summed E-state index contributed by atoms with van der Waals surface area (Å²) in [7, 11) is 0. The summed E-state index contributed by atoms with van der Waals surface area (Å²) in [5.41, 5.74) is 3.85. The minimum absolute atomic E-state index is 0.0346. The van der Waals surface area contributed by atoms with Crippen molar-refractivity contribution in [3.8, 4) is 0 Å². The molecule has 2 aromatic carbocycles. The number of fused-ring (bicyclic) bond motifs is 1. The molecule has 1 amide bonds. The Bertz CT molecular complexity index is 984. The van der Waals surface area contributed by atoms with Crippen LogP contribution < -0.4 is 0 Å². The average molecular weight is 382 g/mol. The van der Waals surface area contributed by atoms with Gasteiger partial charge in [-0.3, -0.25) is 9.48 Å². The van der Waals surface area contributed by atoms with Gasteiger partial charge in [-0.25, -0.2) is 0 Å². The van der Waals surface area contributed by atoms with Gasteiger partial charge in [-0.1, -0.05) is 48.0 Å². The highest BCUT2D eigenvalue weighted by molar-refractivity contribution is 6.31. The number of nitrogens with zero attached hydrogens (tertiary/aromatic N) is 3. The zero-order chi connectivity index (χ0) is 19.0. The smallest absolute Gasteiger partial charge is 0.254 e. The molecule has 27 heavy (non-hydrogen) atoms. The van der Waals surface area contributed by atoms with Crippen LogP contribution in [0.4, 0.5) is 0 Å². The van der Waals surface area contributed by atoms with Crippen molar-refractivity contribution < 1.29 is 9.90 Å². The summed E-state index contributed by atoms with van der Waals surface area (Å²) in [6.07, 6.45) is -0.774. The molecule has 0 spiro atoms. The number of carbonyl (C=O) groups excluding carboxylic acids is 1. The molecule has 0 saturated carbocycles. The van der Waals surface area contributed by atoms with Gasteiger partial charge in [0.25, 0.3) is 5.91 Å². The third kappa shape index (κ3) is 3.48. The van der Waals surface area contributed by atoms with Crippen molar-refractivity contribution >= 4 is 17.5 Å². The molecule has 6 heteroatoms. The topological polar surface area (TPSA) is 58.4 Å². The summed E-state index contributed by atoms with van der Waals surface area (Å²) in [6, 6.07) is 16.7. The molecule has 1 aliphatic rings. The van der Waals surface area contributed by atoms with Crippen molar-refractivity contribution in [1.29, 1.82) is 0 Å². The normalized spacial score (nSPS) is 14.7. The molecule has 0 radical (unpaired) electrons. The van der Waals surface area contributed by atoms with Crippen LogP contribution in [0.5, 0.6) is 0 Å². The molecule has 0 fully saturated rings. The Morgan fingerprint density at radius 1 is 1.15 bits per heavy atom. The van der Waals surface area contributed by atoms with E-state index in [0.29, 0.717) is 35.9 Å². The van der Waals surface area contributed by atoms with Crippen LogP contribution in [-0.4, -0.2) is 32.2 Å². The SMILES string of the molecule is Cc1ccc(Cl)cc1C(=O)N1CCn2nc(C(O)c3ccccc3)cc2C1. The Labute approximate surface area is 162 Å². The Balaban J connectivity index is 1.56. The number of benzene rings is 2. The van der Waals surface area contributed by atoms with Crippen molar-refractivity contribution in [3.63, 3.8) is 0 Å². The average Bonchev–Trinajstić information content (AvgIpc) is 3.12. The van der Waals surface area contributed by atoms with Gasteiger partial charge in [0.1, 0.15) is 6.10 Å². The predicted octanol–water partition coefficient (Wildman–Crippen LogP) is 3.58. The van der Waals surface area contributed by atoms with Gasteiger partial charge in [0, 0.05) is 17.1 Å². The standard InChI is InChI=1S/C21H20ClN3O2/c1-14-7-8-16(22)11-18(14)21(27)24-9-10-25-17(13-24)12-19(23-25)20(26)15-5-3-2-4-6-15/h2-8,11-12,20,26H,9-10,13H2,1H3. The first kappa shape index (κ1) is 17.8. The molecule has 2 heterocycles. The van der Waals surface area contributed by atoms with E-state index in [4.69, 9.17) is 11.6 Å². The van der Waals surface area contributed by atoms with Gasteiger partial charge < -0.3 is 10.0 Å². The minimum Gasteiger partial charge on any atom is -0.382 e. The molecule has 0 aliphatic carbocycles. The van der Waals surface area contributed by atoms with Crippen LogP contribution in [0.15, 0.2) is 54.6 Å². The highest BCUT2D eigenvalue weighted by Gasteiger charge is 2.26. The number of aromatic nitrogens is 2.